The van der Waals surface area contributed by atoms with Crippen molar-refractivity contribution in [1.29, 1.82) is 0 Å². The molecule has 0 fully saturated rings. The number of hydrogen-bond acceptors (Lipinski definition) is 6. The number of aromatic nitrogens is 1. The maximum atomic E-state index is 13.3. The highest BCUT2D eigenvalue weighted by molar-refractivity contribution is 7.89. The number of aryl methyl sites for hydroxylation is 2. The molecule has 0 saturated carbocycles. The van der Waals surface area contributed by atoms with Crippen LogP contribution in [0, 0.1) is 6.92 Å². The molecule has 10 heteroatoms. The number of nitrogens with zero attached hydrogens (tertiary/aromatic N) is 1. The van der Waals surface area contributed by atoms with Crippen molar-refractivity contribution in [3.05, 3.63) is 83.4 Å². The van der Waals surface area contributed by atoms with Gasteiger partial charge in [0.2, 0.25) is 21.8 Å². The Labute approximate surface area is 212 Å². The van der Waals surface area contributed by atoms with Crippen LogP contribution in [-0.4, -0.2) is 31.3 Å². The summed E-state index contributed by atoms with van der Waals surface area (Å²) in [5.74, 6) is -0.593. The second-order valence-corrected chi connectivity index (χ2v) is 11.5. The minimum Gasteiger partial charge on any atom is -0.326 e. The van der Waals surface area contributed by atoms with Crippen molar-refractivity contribution in [2.24, 2.45) is 0 Å². The molecular weight excluding hydrogens is 496 g/mol. The van der Waals surface area contributed by atoms with Crippen LogP contribution < -0.4 is 15.4 Å². The summed E-state index contributed by atoms with van der Waals surface area (Å²) >= 11 is 1.34. The summed E-state index contributed by atoms with van der Waals surface area (Å²) in [6, 6.07) is 18.5. The smallest absolute Gasteiger partial charge is 0.244 e. The molecule has 0 spiro atoms. The number of thiazole rings is 1. The largest absolute Gasteiger partial charge is 0.326 e. The van der Waals surface area contributed by atoms with Crippen molar-refractivity contribution >= 4 is 54.2 Å². The van der Waals surface area contributed by atoms with Gasteiger partial charge in [0.05, 0.1) is 15.1 Å². The van der Waals surface area contributed by atoms with E-state index in [4.69, 9.17) is 0 Å². The molecule has 0 aliphatic carbocycles. The fourth-order valence-corrected chi connectivity index (χ4v) is 6.31. The number of carbonyl (C=O) groups excluding carboxylic acids is 2. The summed E-state index contributed by atoms with van der Waals surface area (Å²) < 4.78 is 30.2. The molecule has 0 saturated heterocycles. The van der Waals surface area contributed by atoms with Gasteiger partial charge in [0.25, 0.3) is 0 Å². The van der Waals surface area contributed by atoms with Crippen molar-refractivity contribution in [2.75, 3.05) is 10.6 Å². The Hall–Kier alpha value is -3.60. The molecule has 36 heavy (non-hydrogen) atoms. The zero-order valence-electron chi connectivity index (χ0n) is 19.4. The molecule has 0 radical (unpaired) electrons. The molecule has 2 amide bonds. The third-order valence-electron chi connectivity index (χ3n) is 5.95. The first-order valence-corrected chi connectivity index (χ1v) is 13.7. The van der Waals surface area contributed by atoms with Crippen LogP contribution in [-0.2, 0) is 32.5 Å². The predicted octanol–water partition coefficient (Wildman–Crippen LogP) is 4.02. The maximum absolute atomic E-state index is 13.3. The Morgan fingerprint density at radius 2 is 1.89 bits per heavy atom. The van der Waals surface area contributed by atoms with Gasteiger partial charge in [-0.1, -0.05) is 47.7 Å². The van der Waals surface area contributed by atoms with Gasteiger partial charge in [-0.25, -0.2) is 13.4 Å². The highest BCUT2D eigenvalue weighted by Crippen LogP contribution is 2.28. The molecule has 1 atom stereocenters. The number of rotatable bonds is 7. The van der Waals surface area contributed by atoms with Gasteiger partial charge in [-0.05, 0) is 66.8 Å². The van der Waals surface area contributed by atoms with E-state index in [1.54, 1.807) is 12.1 Å². The van der Waals surface area contributed by atoms with Crippen LogP contribution in [0.15, 0.2) is 71.6 Å². The van der Waals surface area contributed by atoms with Crippen LogP contribution in [0.3, 0.4) is 0 Å². The average Bonchev–Trinajstić information content (AvgIpc) is 3.25. The average molecular weight is 521 g/mol. The number of amides is 2. The van der Waals surface area contributed by atoms with Gasteiger partial charge in [0.15, 0.2) is 5.13 Å². The molecule has 2 heterocycles. The minimum atomic E-state index is -4.03. The van der Waals surface area contributed by atoms with E-state index in [0.29, 0.717) is 23.7 Å². The van der Waals surface area contributed by atoms with Gasteiger partial charge >= 0.3 is 0 Å². The third kappa shape index (κ3) is 5.30. The van der Waals surface area contributed by atoms with E-state index >= 15 is 0 Å². The van der Waals surface area contributed by atoms with E-state index in [9.17, 15) is 18.0 Å². The Morgan fingerprint density at radius 3 is 2.69 bits per heavy atom. The molecule has 0 unspecified atom stereocenters. The van der Waals surface area contributed by atoms with Crippen LogP contribution in [0.25, 0.3) is 10.2 Å². The zero-order valence-corrected chi connectivity index (χ0v) is 21.1. The lowest BCUT2D eigenvalue weighted by atomic mass is 10.0. The van der Waals surface area contributed by atoms with Gasteiger partial charge in [0.1, 0.15) is 6.04 Å². The molecule has 184 valence electrons. The topological polar surface area (TPSA) is 117 Å². The number of carbonyl (C=O) groups is 2. The zero-order chi connectivity index (χ0) is 25.3. The van der Waals surface area contributed by atoms with E-state index in [1.807, 2.05) is 55.5 Å². The van der Waals surface area contributed by atoms with Crippen molar-refractivity contribution < 1.29 is 18.0 Å². The summed E-state index contributed by atoms with van der Waals surface area (Å²) in [5.41, 5.74) is 4.01. The minimum absolute atomic E-state index is 0.0405. The van der Waals surface area contributed by atoms with Gasteiger partial charge in [-0.3, -0.25) is 9.59 Å². The highest BCUT2D eigenvalue weighted by Gasteiger charge is 2.28. The van der Waals surface area contributed by atoms with Crippen molar-refractivity contribution in [2.45, 2.75) is 37.1 Å². The molecule has 1 aliphatic rings. The SMILES string of the molecule is Cc1ccc2nc(NC(=O)[C@H](Cc3ccccc3)NS(=O)(=O)c3ccc4c(c3)CCC(=O)N4)sc2c1. The lowest BCUT2D eigenvalue weighted by Crippen LogP contribution is -2.45. The summed E-state index contributed by atoms with van der Waals surface area (Å²) in [7, 11) is -4.03. The van der Waals surface area contributed by atoms with E-state index < -0.39 is 22.0 Å². The number of nitrogens with one attached hydrogen (secondary N) is 3. The van der Waals surface area contributed by atoms with Gasteiger partial charge in [-0.15, -0.1) is 0 Å². The molecule has 0 bridgehead atoms. The standard InChI is InChI=1S/C26H24N4O4S2/c1-16-7-10-21-23(13-16)35-26(28-21)29-25(32)22(14-17-5-3-2-4-6-17)30-36(33,34)19-9-11-20-18(15-19)8-12-24(31)27-20/h2-7,9-11,13,15,22,30H,8,12,14H2,1H3,(H,27,31)(H,28,29,32)/t22-/m0/s1. The maximum Gasteiger partial charge on any atom is 0.244 e. The van der Waals surface area contributed by atoms with Crippen molar-refractivity contribution in [3.8, 4) is 0 Å². The number of fused-ring (bicyclic) bond motifs is 2. The van der Waals surface area contributed by atoms with E-state index in [0.717, 1.165) is 26.9 Å². The monoisotopic (exact) mass is 520 g/mol. The Kier molecular flexibility index (Phi) is 6.57. The van der Waals surface area contributed by atoms with Gasteiger partial charge < -0.3 is 10.6 Å². The van der Waals surface area contributed by atoms with Crippen LogP contribution in [0.5, 0.6) is 0 Å². The predicted molar refractivity (Wildman–Crippen MR) is 141 cm³/mol. The van der Waals surface area contributed by atoms with Crippen molar-refractivity contribution in [3.63, 3.8) is 0 Å². The fraction of sp³-hybridized carbons (Fsp3) is 0.192. The van der Waals surface area contributed by atoms with E-state index in [2.05, 4.69) is 20.3 Å². The van der Waals surface area contributed by atoms with Crippen molar-refractivity contribution in [1.82, 2.24) is 9.71 Å². The molecule has 5 rings (SSSR count). The lowest BCUT2D eigenvalue weighted by molar-refractivity contribution is -0.118. The molecule has 3 aromatic carbocycles. The highest BCUT2D eigenvalue weighted by atomic mass is 32.2. The molecule has 3 N–H and O–H groups in total. The normalized spacial score (nSPS) is 14.2. The summed E-state index contributed by atoms with van der Waals surface area (Å²) in [6.07, 6.45) is 0.914. The second-order valence-electron chi connectivity index (χ2n) is 8.71. The Balaban J connectivity index is 1.41. The molecule has 1 aromatic heterocycles. The molecule has 1 aliphatic heterocycles. The van der Waals surface area contributed by atoms with Crippen LogP contribution >= 0.6 is 11.3 Å². The lowest BCUT2D eigenvalue weighted by Gasteiger charge is -2.20. The number of hydrogen-bond donors (Lipinski definition) is 3. The number of sulfonamides is 1. The Morgan fingerprint density at radius 1 is 1.08 bits per heavy atom. The van der Waals surface area contributed by atoms with E-state index in [1.165, 1.54) is 17.4 Å². The summed E-state index contributed by atoms with van der Waals surface area (Å²) in [5, 5.41) is 5.95. The summed E-state index contributed by atoms with van der Waals surface area (Å²) in [4.78, 5) is 29.5. The fourth-order valence-electron chi connectivity index (χ4n) is 4.10. The third-order valence-corrected chi connectivity index (χ3v) is 8.36. The first-order chi connectivity index (χ1) is 17.3. The molecule has 4 aromatic rings. The first kappa shape index (κ1) is 24.1. The Bertz CT molecular complexity index is 1570. The van der Waals surface area contributed by atoms with Gasteiger partial charge in [0, 0.05) is 12.1 Å². The molecule has 8 nitrogen and oxygen atoms in total. The van der Waals surface area contributed by atoms with Crippen LogP contribution in [0.2, 0.25) is 0 Å². The molecular formula is C26H24N4O4S2. The van der Waals surface area contributed by atoms with Crippen LogP contribution in [0.1, 0.15) is 23.1 Å². The quantitative estimate of drug-likeness (QED) is 0.340. The number of benzene rings is 3. The van der Waals surface area contributed by atoms with Gasteiger partial charge in [-0.2, -0.15) is 4.72 Å². The van der Waals surface area contributed by atoms with Crippen LogP contribution in [0.4, 0.5) is 10.8 Å². The first-order valence-electron chi connectivity index (χ1n) is 11.4. The van der Waals surface area contributed by atoms with E-state index in [-0.39, 0.29) is 17.2 Å². The summed E-state index contributed by atoms with van der Waals surface area (Å²) in [6.45, 7) is 1.98. The number of anilines is 2. The second kappa shape index (κ2) is 9.81.